The summed E-state index contributed by atoms with van der Waals surface area (Å²) in [6.45, 7) is 0.0974. The second-order valence-corrected chi connectivity index (χ2v) is 3.93. The van der Waals surface area contributed by atoms with E-state index in [-0.39, 0.29) is 18.9 Å². The summed E-state index contributed by atoms with van der Waals surface area (Å²) in [5.74, 6) is -1.30. The maximum atomic E-state index is 11.6. The highest BCUT2D eigenvalue weighted by Gasteiger charge is 2.32. The number of carbonyl (C=O) groups is 2. The number of aliphatic carboxylic acids is 1. The lowest BCUT2D eigenvalue weighted by molar-refractivity contribution is -0.136. The molecular weight excluding hydrogens is 218 g/mol. The van der Waals surface area contributed by atoms with Gasteiger partial charge in [-0.2, -0.15) is 0 Å². The minimum atomic E-state index is -1.06. The molecule has 15 heavy (non-hydrogen) atoms. The zero-order chi connectivity index (χ0) is 11.3. The van der Waals surface area contributed by atoms with Gasteiger partial charge in [0.1, 0.15) is 4.87 Å². The van der Waals surface area contributed by atoms with Crippen LogP contribution in [0.2, 0.25) is 0 Å². The smallest absolute Gasteiger partial charge is 0.305 e. The first kappa shape index (κ1) is 11.8. The van der Waals surface area contributed by atoms with Gasteiger partial charge in [0, 0.05) is 6.54 Å². The second kappa shape index (κ2) is 4.98. The highest BCUT2D eigenvalue weighted by Crippen LogP contribution is 2.25. The Morgan fingerprint density at radius 2 is 2.20 bits per heavy atom. The largest absolute Gasteiger partial charge is 0.481 e. The number of carboxylic acid groups (broad SMARTS) is 1. The molecule has 4 nitrogen and oxygen atoms in total. The first-order valence-corrected chi connectivity index (χ1v) is 4.96. The van der Waals surface area contributed by atoms with Crippen LogP contribution in [0.3, 0.4) is 0 Å². The first-order valence-electron chi connectivity index (χ1n) is 4.58. The molecule has 1 aliphatic rings. The van der Waals surface area contributed by atoms with Gasteiger partial charge < -0.3 is 10.4 Å². The minimum absolute atomic E-state index is 0.0974. The molecule has 0 fully saturated rings. The summed E-state index contributed by atoms with van der Waals surface area (Å²) in [4.78, 5) is 20.7. The molecule has 0 bridgehead atoms. The van der Waals surface area contributed by atoms with Gasteiger partial charge in [-0.15, -0.1) is 11.6 Å². The molecule has 0 aromatic rings. The average molecular weight is 230 g/mol. The molecule has 0 saturated heterocycles. The standard InChI is InChI=1S/C10H12ClNO3/c11-10(5-2-1-3-6-10)9(15)12-7-4-8(13)14/h1-3,5H,4,6-7H2,(H,12,15)(H,13,14). The quantitative estimate of drug-likeness (QED) is 0.709. The molecule has 1 aliphatic carbocycles. The van der Waals surface area contributed by atoms with Crippen LogP contribution in [0.5, 0.6) is 0 Å². The molecule has 1 rings (SSSR count). The number of nitrogens with one attached hydrogen (secondary N) is 1. The number of alkyl halides is 1. The van der Waals surface area contributed by atoms with Crippen molar-refractivity contribution < 1.29 is 14.7 Å². The number of rotatable bonds is 4. The van der Waals surface area contributed by atoms with Crippen molar-refractivity contribution in [2.75, 3.05) is 6.54 Å². The number of allylic oxidation sites excluding steroid dienone is 3. The highest BCUT2D eigenvalue weighted by molar-refractivity contribution is 6.36. The molecular formula is C10H12ClNO3. The molecule has 0 spiro atoms. The Bertz CT molecular complexity index is 325. The molecule has 0 aromatic heterocycles. The second-order valence-electron chi connectivity index (χ2n) is 3.25. The zero-order valence-electron chi connectivity index (χ0n) is 8.07. The van der Waals surface area contributed by atoms with E-state index in [0.717, 1.165) is 0 Å². The van der Waals surface area contributed by atoms with Crippen LogP contribution in [0.25, 0.3) is 0 Å². The van der Waals surface area contributed by atoms with Crippen LogP contribution in [0.15, 0.2) is 24.3 Å². The molecule has 0 heterocycles. The number of carbonyl (C=O) groups excluding carboxylic acids is 1. The van der Waals surface area contributed by atoms with E-state index in [9.17, 15) is 9.59 Å². The van der Waals surface area contributed by atoms with Crippen LogP contribution in [0, 0.1) is 0 Å². The fourth-order valence-corrected chi connectivity index (χ4v) is 1.42. The van der Waals surface area contributed by atoms with Crippen molar-refractivity contribution in [2.45, 2.75) is 17.7 Å². The Morgan fingerprint density at radius 1 is 1.47 bits per heavy atom. The maximum Gasteiger partial charge on any atom is 0.305 e. The van der Waals surface area contributed by atoms with Crippen molar-refractivity contribution in [3.63, 3.8) is 0 Å². The molecule has 2 N–H and O–H groups in total. The SMILES string of the molecule is O=C(O)CCNC(=O)C1(Cl)C=CC=CC1. The number of hydrogen-bond donors (Lipinski definition) is 2. The Kier molecular flexibility index (Phi) is 3.91. The lowest BCUT2D eigenvalue weighted by Gasteiger charge is -2.22. The van der Waals surface area contributed by atoms with Crippen molar-refractivity contribution >= 4 is 23.5 Å². The van der Waals surface area contributed by atoms with E-state index in [4.69, 9.17) is 16.7 Å². The zero-order valence-corrected chi connectivity index (χ0v) is 8.83. The molecule has 0 radical (unpaired) electrons. The van der Waals surface area contributed by atoms with E-state index in [0.29, 0.717) is 6.42 Å². The number of hydrogen-bond acceptors (Lipinski definition) is 2. The van der Waals surface area contributed by atoms with Crippen LogP contribution in [-0.4, -0.2) is 28.4 Å². The third-order valence-electron chi connectivity index (χ3n) is 2.02. The van der Waals surface area contributed by atoms with E-state index in [1.165, 1.54) is 0 Å². The Balaban J connectivity index is 2.43. The predicted octanol–water partition coefficient (Wildman–Crippen LogP) is 1.07. The molecule has 1 unspecified atom stereocenters. The summed E-state index contributed by atoms with van der Waals surface area (Å²) < 4.78 is 0. The van der Waals surface area contributed by atoms with Gasteiger partial charge in [0.25, 0.3) is 0 Å². The Labute approximate surface area is 92.6 Å². The molecule has 82 valence electrons. The van der Waals surface area contributed by atoms with Gasteiger partial charge in [0.2, 0.25) is 5.91 Å². The van der Waals surface area contributed by atoms with Crippen LogP contribution < -0.4 is 5.32 Å². The number of halogens is 1. The summed E-state index contributed by atoms with van der Waals surface area (Å²) in [5, 5.41) is 10.9. The highest BCUT2D eigenvalue weighted by atomic mass is 35.5. The summed E-state index contributed by atoms with van der Waals surface area (Å²) in [5.41, 5.74) is 0. The van der Waals surface area contributed by atoms with Gasteiger partial charge in [-0.25, -0.2) is 0 Å². The van der Waals surface area contributed by atoms with E-state index in [2.05, 4.69) is 5.32 Å². The third-order valence-corrected chi connectivity index (χ3v) is 2.48. The lowest BCUT2D eigenvalue weighted by Crippen LogP contribution is -2.42. The molecule has 0 saturated carbocycles. The number of carboxylic acids is 1. The van der Waals surface area contributed by atoms with Crippen LogP contribution in [0.4, 0.5) is 0 Å². The number of amides is 1. The van der Waals surface area contributed by atoms with Crippen molar-refractivity contribution in [3.8, 4) is 0 Å². The van der Waals surface area contributed by atoms with E-state index >= 15 is 0 Å². The van der Waals surface area contributed by atoms with Gasteiger partial charge in [-0.3, -0.25) is 9.59 Å². The van der Waals surface area contributed by atoms with Crippen molar-refractivity contribution in [1.82, 2.24) is 5.32 Å². The van der Waals surface area contributed by atoms with Gasteiger partial charge in [0.15, 0.2) is 0 Å². The molecule has 1 amide bonds. The van der Waals surface area contributed by atoms with E-state index in [1.54, 1.807) is 18.2 Å². The molecule has 1 atom stereocenters. The molecule has 5 heteroatoms. The monoisotopic (exact) mass is 229 g/mol. The predicted molar refractivity (Wildman–Crippen MR) is 56.7 cm³/mol. The van der Waals surface area contributed by atoms with Gasteiger partial charge in [-0.1, -0.05) is 24.3 Å². The normalized spacial score (nSPS) is 23.8. The van der Waals surface area contributed by atoms with Crippen molar-refractivity contribution in [3.05, 3.63) is 24.3 Å². The fourth-order valence-electron chi connectivity index (χ4n) is 1.19. The summed E-state index contributed by atoms with van der Waals surface area (Å²) in [6.07, 6.45) is 7.23. The van der Waals surface area contributed by atoms with Crippen LogP contribution in [0.1, 0.15) is 12.8 Å². The summed E-state index contributed by atoms with van der Waals surface area (Å²) >= 11 is 6.04. The van der Waals surface area contributed by atoms with Crippen molar-refractivity contribution in [2.24, 2.45) is 0 Å². The topological polar surface area (TPSA) is 66.4 Å². The Morgan fingerprint density at radius 3 is 2.73 bits per heavy atom. The molecule has 0 aliphatic heterocycles. The molecule has 0 aromatic carbocycles. The Hall–Kier alpha value is -1.29. The average Bonchev–Trinajstić information content (AvgIpc) is 2.18. The fraction of sp³-hybridized carbons (Fsp3) is 0.400. The van der Waals surface area contributed by atoms with Gasteiger partial charge in [0.05, 0.1) is 6.42 Å². The van der Waals surface area contributed by atoms with Crippen molar-refractivity contribution in [1.29, 1.82) is 0 Å². The van der Waals surface area contributed by atoms with E-state index < -0.39 is 10.8 Å². The third kappa shape index (κ3) is 3.40. The van der Waals surface area contributed by atoms with Gasteiger partial charge >= 0.3 is 5.97 Å². The summed E-state index contributed by atoms with van der Waals surface area (Å²) in [7, 11) is 0. The first-order chi connectivity index (χ1) is 7.04. The van der Waals surface area contributed by atoms with Crippen LogP contribution in [-0.2, 0) is 9.59 Å². The van der Waals surface area contributed by atoms with Gasteiger partial charge in [-0.05, 0) is 6.42 Å². The summed E-state index contributed by atoms with van der Waals surface area (Å²) in [6, 6.07) is 0. The van der Waals surface area contributed by atoms with Crippen LogP contribution >= 0.6 is 11.6 Å². The van der Waals surface area contributed by atoms with E-state index in [1.807, 2.05) is 6.08 Å². The minimum Gasteiger partial charge on any atom is -0.481 e. The maximum absolute atomic E-state index is 11.6. The lowest BCUT2D eigenvalue weighted by atomic mass is 9.99.